The van der Waals surface area contributed by atoms with Gasteiger partial charge in [0.2, 0.25) is 0 Å². The van der Waals surface area contributed by atoms with Crippen LogP contribution in [-0.2, 0) is 13.1 Å². The fourth-order valence-corrected chi connectivity index (χ4v) is 7.09. The Labute approximate surface area is 328 Å². The van der Waals surface area contributed by atoms with Crippen LogP contribution in [0, 0.1) is 5.92 Å². The van der Waals surface area contributed by atoms with E-state index in [1.807, 2.05) is 74.5 Å². The van der Waals surface area contributed by atoms with Crippen LogP contribution in [0.15, 0.2) is 146 Å². The maximum Gasteiger partial charge on any atom is 0.148 e. The van der Waals surface area contributed by atoms with Gasteiger partial charge in [0.25, 0.3) is 0 Å². The first kappa shape index (κ1) is 39.3. The predicted octanol–water partition coefficient (Wildman–Crippen LogP) is 9.71. The maximum absolute atomic E-state index is 4.36. The summed E-state index contributed by atoms with van der Waals surface area (Å²) in [5.74, 6) is 2.43. The zero-order valence-corrected chi connectivity index (χ0v) is 32.5. The first-order valence-corrected chi connectivity index (χ1v) is 20.0. The summed E-state index contributed by atoms with van der Waals surface area (Å²) >= 11 is 0. The van der Waals surface area contributed by atoms with Gasteiger partial charge in [0.15, 0.2) is 0 Å². The Bertz CT molecular complexity index is 1890. The van der Waals surface area contributed by atoms with Gasteiger partial charge in [0, 0.05) is 49.9 Å². The van der Waals surface area contributed by atoms with E-state index in [0.29, 0.717) is 12.0 Å². The van der Waals surface area contributed by atoms with E-state index in [4.69, 9.17) is 0 Å². The fourth-order valence-electron chi connectivity index (χ4n) is 7.09. The molecule has 0 aliphatic carbocycles. The molecule has 0 radical (unpaired) electrons. The normalized spacial score (nSPS) is 15.2. The topological polar surface area (TPSA) is 82.1 Å². The summed E-state index contributed by atoms with van der Waals surface area (Å²) in [7, 11) is 0. The summed E-state index contributed by atoms with van der Waals surface area (Å²) in [6, 6.07) is 50.4. The Morgan fingerprint density at radius 3 is 1.33 bits per heavy atom. The van der Waals surface area contributed by atoms with Crippen molar-refractivity contribution in [1.82, 2.24) is 30.2 Å². The number of benzene rings is 4. The average molecular weight is 733 g/mol. The molecule has 8 rings (SSSR count). The van der Waals surface area contributed by atoms with E-state index in [1.54, 1.807) is 0 Å². The molecule has 55 heavy (non-hydrogen) atoms. The lowest BCUT2D eigenvalue weighted by Gasteiger charge is -2.32. The summed E-state index contributed by atoms with van der Waals surface area (Å²) in [5, 5.41) is 24.4. The van der Waals surface area contributed by atoms with Crippen molar-refractivity contribution in [3.8, 4) is 22.5 Å². The highest BCUT2D eigenvalue weighted by molar-refractivity contribution is 5.60. The molecule has 0 amide bonds. The number of nitrogens with zero attached hydrogens (tertiary/aromatic N) is 6. The molecular formula is C47H56N8. The quantitative estimate of drug-likeness (QED) is 0.136. The smallest absolute Gasteiger partial charge is 0.148 e. The van der Waals surface area contributed by atoms with Gasteiger partial charge in [0.1, 0.15) is 11.6 Å². The standard InChI is InChI=1S/C23H26N4.C22H24N4.C2H6/c1-3-7-20(8-4-1)18-27-15-13-19(14-16-27)17-24-23-12-11-22(25-26-23)21-9-5-2-6-10-21;1-3-7-18(8-4-1)17-26-15-13-20(14-16-26)23-22-12-11-21(24-25-22)19-9-5-2-6-10-19;1-2/h1-12,19H,13-18H2,(H,24,26);1-12,20H,13-17H2,(H,23,25);1-2H3. The molecule has 4 aromatic carbocycles. The lowest BCUT2D eigenvalue weighted by Crippen LogP contribution is -2.38. The molecule has 0 spiro atoms. The predicted molar refractivity (Wildman–Crippen MR) is 228 cm³/mol. The molecule has 6 aromatic rings. The Balaban J connectivity index is 0.000000179. The van der Waals surface area contributed by atoms with Gasteiger partial charge in [0.05, 0.1) is 11.4 Å². The summed E-state index contributed by atoms with van der Waals surface area (Å²) in [6.07, 6.45) is 4.73. The highest BCUT2D eigenvalue weighted by atomic mass is 15.2. The van der Waals surface area contributed by atoms with Gasteiger partial charge in [-0.1, -0.05) is 135 Å². The molecule has 8 nitrogen and oxygen atoms in total. The van der Waals surface area contributed by atoms with Gasteiger partial charge >= 0.3 is 0 Å². The molecule has 2 N–H and O–H groups in total. The van der Waals surface area contributed by atoms with Crippen LogP contribution in [0.5, 0.6) is 0 Å². The van der Waals surface area contributed by atoms with Crippen LogP contribution in [0.4, 0.5) is 11.6 Å². The molecule has 2 aromatic heterocycles. The second-order valence-corrected chi connectivity index (χ2v) is 14.1. The summed E-state index contributed by atoms with van der Waals surface area (Å²) < 4.78 is 0. The van der Waals surface area contributed by atoms with Gasteiger partial charge in [-0.3, -0.25) is 9.80 Å². The first-order valence-electron chi connectivity index (χ1n) is 20.0. The zero-order valence-electron chi connectivity index (χ0n) is 32.5. The van der Waals surface area contributed by atoms with E-state index in [-0.39, 0.29) is 0 Å². The van der Waals surface area contributed by atoms with Gasteiger partial charge in [-0.25, -0.2) is 0 Å². The van der Waals surface area contributed by atoms with E-state index in [2.05, 4.69) is 126 Å². The molecule has 2 fully saturated rings. The van der Waals surface area contributed by atoms with Crippen molar-refractivity contribution >= 4 is 11.6 Å². The molecule has 4 heterocycles. The Kier molecular flexibility index (Phi) is 15.3. The Morgan fingerprint density at radius 1 is 0.473 bits per heavy atom. The molecule has 2 aliphatic rings. The monoisotopic (exact) mass is 732 g/mol. The minimum absolute atomic E-state index is 0.471. The number of nitrogens with one attached hydrogen (secondary N) is 2. The summed E-state index contributed by atoms with van der Waals surface area (Å²) in [5.41, 5.74) is 6.82. The second kappa shape index (κ2) is 21.4. The molecule has 2 aliphatic heterocycles. The van der Waals surface area contributed by atoms with E-state index >= 15 is 0 Å². The molecule has 0 unspecified atom stereocenters. The van der Waals surface area contributed by atoms with Crippen LogP contribution in [-0.4, -0.2) is 69.0 Å². The number of anilines is 2. The Morgan fingerprint density at radius 2 is 0.891 bits per heavy atom. The van der Waals surface area contributed by atoms with Crippen molar-refractivity contribution < 1.29 is 0 Å². The minimum atomic E-state index is 0.471. The molecule has 284 valence electrons. The van der Waals surface area contributed by atoms with Crippen LogP contribution in [0.3, 0.4) is 0 Å². The van der Waals surface area contributed by atoms with Crippen molar-refractivity contribution in [2.24, 2.45) is 5.92 Å². The third-order valence-electron chi connectivity index (χ3n) is 10.2. The van der Waals surface area contributed by atoms with Gasteiger partial charge in [-0.05, 0) is 80.1 Å². The van der Waals surface area contributed by atoms with Crippen molar-refractivity contribution in [3.05, 3.63) is 157 Å². The zero-order chi connectivity index (χ0) is 37.9. The fraction of sp³-hybridized carbons (Fsp3) is 0.319. The number of rotatable bonds is 11. The van der Waals surface area contributed by atoms with Crippen LogP contribution < -0.4 is 10.6 Å². The SMILES string of the molecule is CC.c1ccc(CN2CCC(CNc3ccc(-c4ccccc4)nn3)CC2)cc1.c1ccc(CN2CCC(Nc3ccc(-c4ccccc4)nn3)CC2)cc1. The number of hydrogen-bond donors (Lipinski definition) is 2. The van der Waals surface area contributed by atoms with Crippen LogP contribution >= 0.6 is 0 Å². The number of piperidine rings is 2. The van der Waals surface area contributed by atoms with Crippen LogP contribution in [0.2, 0.25) is 0 Å². The largest absolute Gasteiger partial charge is 0.368 e. The number of aromatic nitrogens is 4. The molecule has 8 heteroatoms. The van der Waals surface area contributed by atoms with E-state index in [0.717, 1.165) is 79.7 Å². The van der Waals surface area contributed by atoms with E-state index < -0.39 is 0 Å². The lowest BCUT2D eigenvalue weighted by molar-refractivity contribution is 0.182. The Hall–Kier alpha value is -5.44. The van der Waals surface area contributed by atoms with Gasteiger partial charge < -0.3 is 10.6 Å². The van der Waals surface area contributed by atoms with Crippen molar-refractivity contribution in [2.45, 2.75) is 58.7 Å². The van der Waals surface area contributed by atoms with Crippen molar-refractivity contribution in [1.29, 1.82) is 0 Å². The summed E-state index contributed by atoms with van der Waals surface area (Å²) in [6.45, 7) is 11.6. The highest BCUT2D eigenvalue weighted by Gasteiger charge is 2.20. The first-order chi connectivity index (χ1) is 27.2. The molecule has 0 bridgehead atoms. The van der Waals surface area contributed by atoms with Crippen molar-refractivity contribution in [3.63, 3.8) is 0 Å². The van der Waals surface area contributed by atoms with E-state index in [9.17, 15) is 0 Å². The number of likely N-dealkylation sites (tertiary alicyclic amines) is 2. The van der Waals surface area contributed by atoms with Crippen LogP contribution in [0.25, 0.3) is 22.5 Å². The van der Waals surface area contributed by atoms with E-state index in [1.165, 1.54) is 37.1 Å². The third kappa shape index (κ3) is 12.6. The lowest BCUT2D eigenvalue weighted by atomic mass is 9.96. The summed E-state index contributed by atoms with van der Waals surface area (Å²) in [4.78, 5) is 5.08. The molecule has 0 saturated carbocycles. The number of hydrogen-bond acceptors (Lipinski definition) is 8. The minimum Gasteiger partial charge on any atom is -0.368 e. The van der Waals surface area contributed by atoms with Gasteiger partial charge in [-0.15, -0.1) is 20.4 Å². The molecule has 0 atom stereocenters. The highest BCUT2D eigenvalue weighted by Crippen LogP contribution is 2.22. The second-order valence-electron chi connectivity index (χ2n) is 14.1. The molecule has 2 saturated heterocycles. The third-order valence-corrected chi connectivity index (χ3v) is 10.2. The van der Waals surface area contributed by atoms with Gasteiger partial charge in [-0.2, -0.15) is 0 Å². The molecular weight excluding hydrogens is 677 g/mol. The maximum atomic E-state index is 4.36. The average Bonchev–Trinajstić information content (AvgIpc) is 3.27. The van der Waals surface area contributed by atoms with Crippen molar-refractivity contribution in [2.75, 3.05) is 43.4 Å². The van der Waals surface area contributed by atoms with Crippen LogP contribution in [0.1, 0.15) is 50.7 Å².